The molecule has 348 valence electrons. The molecule has 3 unspecified atom stereocenters. The molecular weight excluding hydrogens is 814 g/mol. The number of aliphatic hydroxyl groups is 1. The lowest BCUT2D eigenvalue weighted by molar-refractivity contribution is -0.161. The fraction of sp³-hybridized carbons (Fsp3) is 0.773. The number of hydrogen-bond donors (Lipinski definition) is 4. The Labute approximate surface area is 360 Å². The van der Waals surface area contributed by atoms with E-state index in [1.165, 1.54) is 64.2 Å². The summed E-state index contributed by atoms with van der Waals surface area (Å²) in [5.74, 6) is -1.11. The topological polar surface area (TPSA) is 208 Å². The molecule has 4 N–H and O–H groups in total. The van der Waals surface area contributed by atoms with Crippen LogP contribution in [-0.4, -0.2) is 82.6 Å². The molecule has 1 saturated heterocycles. The van der Waals surface area contributed by atoms with Crippen LogP contribution in [-0.2, 0) is 46.5 Å². The lowest BCUT2D eigenvalue weighted by atomic mass is 10.1. The fourth-order valence-electron chi connectivity index (χ4n) is 6.08. The smallest absolute Gasteiger partial charge is 0.462 e. The number of ether oxygens (including phenoxy) is 3. The number of phosphoric ester groups is 2. The van der Waals surface area contributed by atoms with Crippen molar-refractivity contribution in [1.82, 2.24) is 0 Å². The van der Waals surface area contributed by atoms with Gasteiger partial charge in [0.2, 0.25) is 0 Å². The van der Waals surface area contributed by atoms with Crippen LogP contribution in [0.5, 0.6) is 0 Å². The van der Waals surface area contributed by atoms with E-state index in [0.29, 0.717) is 31.5 Å². The minimum Gasteiger partial charge on any atom is -0.462 e. The van der Waals surface area contributed by atoms with Crippen LogP contribution in [0.3, 0.4) is 0 Å². The highest BCUT2D eigenvalue weighted by molar-refractivity contribution is 7.47. The van der Waals surface area contributed by atoms with E-state index in [1.54, 1.807) is 0 Å². The van der Waals surface area contributed by atoms with Crippen LogP contribution in [0, 0.1) is 0 Å². The summed E-state index contributed by atoms with van der Waals surface area (Å²) < 4.78 is 53.5. The van der Waals surface area contributed by atoms with Crippen molar-refractivity contribution in [3.05, 3.63) is 48.6 Å². The SMILES string of the molecule is CCCCCCCC/C=C\CCCCCCCC(=O)O[C@H](COC(=O)CCC/C=C\C/C=C\C/C=C\CC1OC1CCCCC)COP(=O)(O)OC[C@@H](O)COP(=O)(O)O. The van der Waals surface area contributed by atoms with Crippen molar-refractivity contribution >= 4 is 27.6 Å². The molecule has 0 radical (unpaired) electrons. The van der Waals surface area contributed by atoms with E-state index in [1.807, 2.05) is 12.2 Å². The molecule has 0 amide bonds. The van der Waals surface area contributed by atoms with Gasteiger partial charge in [-0.15, -0.1) is 0 Å². The normalized spacial score (nSPS) is 17.8. The molecule has 16 heteroatoms. The number of hydrogen-bond acceptors (Lipinski definition) is 11. The van der Waals surface area contributed by atoms with Crippen molar-refractivity contribution < 1.29 is 66.3 Å². The lowest BCUT2D eigenvalue weighted by Crippen LogP contribution is -2.30. The molecule has 0 aromatic carbocycles. The maximum absolute atomic E-state index is 12.7. The van der Waals surface area contributed by atoms with Crippen LogP contribution in [0.15, 0.2) is 48.6 Å². The van der Waals surface area contributed by atoms with E-state index in [9.17, 15) is 28.7 Å². The van der Waals surface area contributed by atoms with Crippen molar-refractivity contribution in [1.29, 1.82) is 0 Å². The Morgan fingerprint density at radius 3 is 1.77 bits per heavy atom. The van der Waals surface area contributed by atoms with Gasteiger partial charge in [-0.2, -0.15) is 0 Å². The summed E-state index contributed by atoms with van der Waals surface area (Å²) >= 11 is 0. The van der Waals surface area contributed by atoms with E-state index >= 15 is 0 Å². The van der Waals surface area contributed by atoms with Crippen molar-refractivity contribution in [2.24, 2.45) is 0 Å². The predicted molar refractivity (Wildman–Crippen MR) is 234 cm³/mol. The molecule has 0 aromatic heterocycles. The molecule has 14 nitrogen and oxygen atoms in total. The molecule has 1 aliphatic rings. The van der Waals surface area contributed by atoms with Crippen molar-refractivity contribution in [3.8, 4) is 0 Å². The monoisotopic (exact) mass is 892 g/mol. The summed E-state index contributed by atoms with van der Waals surface area (Å²) in [7, 11) is -9.70. The molecule has 1 aliphatic heterocycles. The molecule has 0 aliphatic carbocycles. The van der Waals surface area contributed by atoms with Crippen LogP contribution >= 0.6 is 15.6 Å². The second-order valence-electron chi connectivity index (χ2n) is 15.4. The number of allylic oxidation sites excluding steroid dienone is 7. The van der Waals surface area contributed by atoms with Crippen molar-refractivity contribution in [2.45, 2.75) is 192 Å². The number of aliphatic hydroxyl groups excluding tert-OH is 1. The third-order valence-corrected chi connectivity index (χ3v) is 11.0. The second kappa shape index (κ2) is 36.5. The Balaban J connectivity index is 2.39. The van der Waals surface area contributed by atoms with Gasteiger partial charge in [-0.05, 0) is 70.6 Å². The van der Waals surface area contributed by atoms with Gasteiger partial charge in [0.05, 0.1) is 32.0 Å². The molecule has 1 heterocycles. The molecule has 5 atom stereocenters. The fourth-order valence-corrected chi connectivity index (χ4v) is 7.23. The Bertz CT molecular complexity index is 1310. The molecular formula is C44H78O14P2. The van der Waals surface area contributed by atoms with Gasteiger partial charge in [0, 0.05) is 12.8 Å². The van der Waals surface area contributed by atoms with Gasteiger partial charge in [-0.25, -0.2) is 9.13 Å². The zero-order valence-corrected chi connectivity index (χ0v) is 38.3. The van der Waals surface area contributed by atoms with Crippen LogP contribution in [0.4, 0.5) is 0 Å². The highest BCUT2D eigenvalue weighted by Gasteiger charge is 2.36. The van der Waals surface area contributed by atoms with Crippen molar-refractivity contribution in [3.63, 3.8) is 0 Å². The van der Waals surface area contributed by atoms with Crippen LogP contribution < -0.4 is 0 Å². The third-order valence-electron chi connectivity index (χ3n) is 9.60. The number of rotatable bonds is 41. The number of unbranched alkanes of at least 4 members (excludes halogenated alkanes) is 14. The second-order valence-corrected chi connectivity index (χ2v) is 18.0. The first kappa shape index (κ1) is 56.1. The van der Waals surface area contributed by atoms with Gasteiger partial charge in [0.25, 0.3) is 0 Å². The largest absolute Gasteiger partial charge is 0.472 e. The summed E-state index contributed by atoms with van der Waals surface area (Å²) in [6.07, 6.45) is 38.5. The summed E-state index contributed by atoms with van der Waals surface area (Å²) in [6, 6.07) is 0. The first-order valence-corrected chi connectivity index (χ1v) is 25.5. The highest BCUT2D eigenvalue weighted by atomic mass is 31.2. The summed E-state index contributed by atoms with van der Waals surface area (Å²) in [4.78, 5) is 52.7. The number of carbonyl (C=O) groups excluding carboxylic acids is 2. The summed E-state index contributed by atoms with van der Waals surface area (Å²) in [5, 5.41) is 9.75. The van der Waals surface area contributed by atoms with E-state index in [-0.39, 0.29) is 12.8 Å². The Hall–Kier alpha value is -1.96. The zero-order valence-electron chi connectivity index (χ0n) is 36.5. The van der Waals surface area contributed by atoms with E-state index in [0.717, 1.165) is 57.8 Å². The maximum Gasteiger partial charge on any atom is 0.472 e. The molecule has 0 saturated carbocycles. The first-order valence-electron chi connectivity index (χ1n) is 22.5. The Kier molecular flexibility index (Phi) is 34.1. The van der Waals surface area contributed by atoms with E-state index in [2.05, 4.69) is 59.4 Å². The molecule has 1 fully saturated rings. The predicted octanol–water partition coefficient (Wildman–Crippen LogP) is 10.4. The Morgan fingerprint density at radius 2 is 1.10 bits per heavy atom. The summed E-state index contributed by atoms with van der Waals surface area (Å²) in [5.41, 5.74) is 0. The quantitative estimate of drug-likeness (QED) is 0.0148. The Morgan fingerprint density at radius 1 is 0.583 bits per heavy atom. The zero-order chi connectivity index (χ0) is 44.2. The molecule has 60 heavy (non-hydrogen) atoms. The number of epoxide rings is 1. The van der Waals surface area contributed by atoms with E-state index in [4.69, 9.17) is 28.5 Å². The first-order chi connectivity index (χ1) is 28.8. The van der Waals surface area contributed by atoms with E-state index < -0.39 is 66.2 Å². The summed E-state index contributed by atoms with van der Waals surface area (Å²) in [6.45, 7) is 1.65. The molecule has 0 aromatic rings. The molecule has 0 spiro atoms. The van der Waals surface area contributed by atoms with Gasteiger partial charge >= 0.3 is 27.6 Å². The minimum absolute atomic E-state index is 0.107. The lowest BCUT2D eigenvalue weighted by Gasteiger charge is -2.20. The van der Waals surface area contributed by atoms with Gasteiger partial charge in [0.1, 0.15) is 12.7 Å². The van der Waals surface area contributed by atoms with Gasteiger partial charge in [-0.3, -0.25) is 23.2 Å². The van der Waals surface area contributed by atoms with Gasteiger partial charge in [-0.1, -0.05) is 133 Å². The third kappa shape index (κ3) is 36.7. The number of phosphoric acid groups is 2. The number of esters is 2. The van der Waals surface area contributed by atoms with Crippen LogP contribution in [0.1, 0.15) is 168 Å². The number of carbonyl (C=O) groups is 2. The molecule has 1 rings (SSSR count). The van der Waals surface area contributed by atoms with Crippen LogP contribution in [0.25, 0.3) is 0 Å². The van der Waals surface area contributed by atoms with Gasteiger partial charge < -0.3 is 34.0 Å². The molecule has 0 bridgehead atoms. The minimum atomic E-state index is -4.87. The van der Waals surface area contributed by atoms with Crippen LogP contribution in [0.2, 0.25) is 0 Å². The van der Waals surface area contributed by atoms with Gasteiger partial charge in [0.15, 0.2) is 6.10 Å². The highest BCUT2D eigenvalue weighted by Crippen LogP contribution is 2.44. The standard InChI is InChI=1S/C44H78O14P2/c1-3-5-7-8-9-10-11-12-13-14-15-20-23-26-30-34-44(47)57-40(38-56-60(51,52)55-36-39(45)35-54-59(48,49)50)37-53-43(46)33-29-25-22-19-17-16-18-21-24-28-32-42-41(58-42)31-27-6-4-2/h12-13,16,18-19,22,24,28,39-42,45H,3-11,14-15,17,20-21,23,25-27,29-38H2,1-2H3,(H,51,52)(H2,48,49,50)/b13-12-,18-16-,22-19-,28-24-/t39-,40+,41?,42?/m0/s1. The average Bonchev–Trinajstić information content (AvgIpc) is 3.96. The average molecular weight is 893 g/mol. The maximum atomic E-state index is 12.7. The van der Waals surface area contributed by atoms with Crippen molar-refractivity contribution in [2.75, 3.05) is 26.4 Å².